The Hall–Kier alpha value is -1.12. The molecule has 0 aromatic carbocycles. The molecule has 120 valence electrons. The van der Waals surface area contributed by atoms with E-state index in [2.05, 4.69) is 25.3 Å². The Morgan fingerprint density at radius 2 is 2.00 bits per heavy atom. The quantitative estimate of drug-likeness (QED) is 0.669. The molecule has 0 bridgehead atoms. The van der Waals surface area contributed by atoms with Crippen LogP contribution in [0, 0.1) is 0 Å². The first-order valence-corrected chi connectivity index (χ1v) is 8.89. The Bertz CT molecular complexity index is 577. The Labute approximate surface area is 131 Å². The first-order chi connectivity index (χ1) is 9.63. The maximum Gasteiger partial charge on any atom is 0.224 e. The molecule has 1 aromatic heterocycles. The van der Waals surface area contributed by atoms with Gasteiger partial charge in [0.05, 0.1) is 12.5 Å². The molecule has 0 saturated heterocycles. The van der Waals surface area contributed by atoms with E-state index in [1.54, 1.807) is 13.8 Å². The van der Waals surface area contributed by atoms with E-state index in [-0.39, 0.29) is 0 Å². The molecule has 0 spiro atoms. The van der Waals surface area contributed by atoms with Crippen LogP contribution in [0.3, 0.4) is 0 Å². The van der Waals surface area contributed by atoms with Crippen molar-refractivity contribution in [1.82, 2.24) is 14.7 Å². The number of sulfonamides is 1. The molecule has 1 aromatic rings. The summed E-state index contributed by atoms with van der Waals surface area (Å²) in [6, 6.07) is 0. The molecule has 0 fully saturated rings. The lowest BCUT2D eigenvalue weighted by Gasteiger charge is -2.25. The van der Waals surface area contributed by atoms with Gasteiger partial charge in [0, 0.05) is 18.6 Å². The Morgan fingerprint density at radius 3 is 2.57 bits per heavy atom. The van der Waals surface area contributed by atoms with Crippen molar-refractivity contribution < 1.29 is 8.42 Å². The highest BCUT2D eigenvalue weighted by atomic mass is 35.5. The summed E-state index contributed by atoms with van der Waals surface area (Å²) in [5.41, 5.74) is -0.668. The predicted octanol–water partition coefficient (Wildman–Crippen LogP) is 1.69. The number of anilines is 2. The van der Waals surface area contributed by atoms with Crippen LogP contribution in [0.2, 0.25) is 5.02 Å². The van der Waals surface area contributed by atoms with Crippen LogP contribution < -0.4 is 15.4 Å². The molecule has 0 aliphatic heterocycles. The van der Waals surface area contributed by atoms with Crippen molar-refractivity contribution in [3.63, 3.8) is 0 Å². The zero-order valence-electron chi connectivity index (χ0n) is 12.7. The van der Waals surface area contributed by atoms with Crippen LogP contribution in [-0.4, -0.2) is 43.3 Å². The van der Waals surface area contributed by atoms with Gasteiger partial charge < -0.3 is 10.6 Å². The normalized spacial score (nSPS) is 12.2. The molecule has 0 radical (unpaired) electrons. The fourth-order valence-electron chi connectivity index (χ4n) is 1.66. The molecule has 0 atom stereocenters. The fourth-order valence-corrected chi connectivity index (χ4v) is 2.89. The van der Waals surface area contributed by atoms with Gasteiger partial charge in [-0.05, 0) is 20.3 Å². The summed E-state index contributed by atoms with van der Waals surface area (Å²) in [5.74, 6) is 0.950. The largest absolute Gasteiger partial charge is 0.367 e. The summed E-state index contributed by atoms with van der Waals surface area (Å²) >= 11 is 6.04. The van der Waals surface area contributed by atoms with E-state index in [1.807, 2.05) is 6.92 Å². The Kier molecular flexibility index (Phi) is 6.18. The van der Waals surface area contributed by atoms with Crippen LogP contribution >= 0.6 is 11.6 Å². The van der Waals surface area contributed by atoms with Crippen molar-refractivity contribution >= 4 is 33.4 Å². The maximum absolute atomic E-state index is 11.3. The number of hydrogen-bond acceptors (Lipinski definition) is 6. The van der Waals surface area contributed by atoms with Crippen LogP contribution in [0.15, 0.2) is 6.20 Å². The van der Waals surface area contributed by atoms with Crippen LogP contribution in [-0.2, 0) is 10.0 Å². The molecule has 21 heavy (non-hydrogen) atoms. The number of hydrogen-bond donors (Lipinski definition) is 3. The molecule has 7 nitrogen and oxygen atoms in total. The van der Waals surface area contributed by atoms with Crippen molar-refractivity contribution in [2.24, 2.45) is 0 Å². The zero-order valence-corrected chi connectivity index (χ0v) is 14.3. The van der Waals surface area contributed by atoms with Gasteiger partial charge in [-0.15, -0.1) is 0 Å². The molecule has 3 N–H and O–H groups in total. The summed E-state index contributed by atoms with van der Waals surface area (Å²) in [5, 5.41) is 6.49. The van der Waals surface area contributed by atoms with E-state index in [4.69, 9.17) is 11.6 Å². The zero-order chi connectivity index (χ0) is 16.1. The van der Waals surface area contributed by atoms with Crippen LogP contribution in [0.25, 0.3) is 0 Å². The van der Waals surface area contributed by atoms with Gasteiger partial charge >= 0.3 is 0 Å². The number of aromatic nitrogens is 2. The van der Waals surface area contributed by atoms with Crippen LogP contribution in [0.1, 0.15) is 27.2 Å². The monoisotopic (exact) mass is 335 g/mol. The first kappa shape index (κ1) is 17.9. The molecule has 0 amide bonds. The average molecular weight is 336 g/mol. The summed E-state index contributed by atoms with van der Waals surface area (Å²) in [6.07, 6.45) is 3.59. The van der Waals surface area contributed by atoms with Crippen molar-refractivity contribution in [2.75, 3.05) is 30.0 Å². The SMILES string of the molecule is CCCNc1ncc(Cl)c(NCC(C)(C)NS(C)(=O)=O)n1. The van der Waals surface area contributed by atoms with Gasteiger partial charge in [0.25, 0.3) is 0 Å². The Balaban J connectivity index is 2.74. The third kappa shape index (κ3) is 6.92. The second kappa shape index (κ2) is 7.24. The minimum Gasteiger partial charge on any atom is -0.367 e. The average Bonchev–Trinajstić information content (AvgIpc) is 2.33. The summed E-state index contributed by atoms with van der Waals surface area (Å²) in [4.78, 5) is 8.34. The molecular formula is C12H22ClN5O2S. The minimum absolute atomic E-state index is 0.337. The molecule has 0 saturated carbocycles. The van der Waals surface area contributed by atoms with Crippen LogP contribution in [0.5, 0.6) is 0 Å². The third-order valence-corrected chi connectivity index (χ3v) is 3.64. The Morgan fingerprint density at radius 1 is 1.33 bits per heavy atom. The highest BCUT2D eigenvalue weighted by Gasteiger charge is 2.22. The number of halogens is 1. The van der Waals surface area contributed by atoms with E-state index in [9.17, 15) is 8.42 Å². The number of nitrogens with zero attached hydrogens (tertiary/aromatic N) is 2. The van der Waals surface area contributed by atoms with E-state index in [0.717, 1.165) is 19.2 Å². The highest BCUT2D eigenvalue weighted by Crippen LogP contribution is 2.20. The van der Waals surface area contributed by atoms with Crippen molar-refractivity contribution in [1.29, 1.82) is 0 Å². The summed E-state index contributed by atoms with van der Waals surface area (Å²) < 4.78 is 25.1. The summed E-state index contributed by atoms with van der Waals surface area (Å²) in [7, 11) is -3.28. The molecular weight excluding hydrogens is 314 g/mol. The lowest BCUT2D eigenvalue weighted by atomic mass is 10.1. The molecule has 0 aliphatic rings. The lowest BCUT2D eigenvalue weighted by molar-refractivity contribution is 0.476. The van der Waals surface area contributed by atoms with Gasteiger partial charge in [-0.25, -0.2) is 18.1 Å². The van der Waals surface area contributed by atoms with Crippen molar-refractivity contribution in [3.8, 4) is 0 Å². The molecule has 9 heteroatoms. The van der Waals surface area contributed by atoms with Crippen LogP contribution in [0.4, 0.5) is 11.8 Å². The maximum atomic E-state index is 11.3. The standard InChI is InChI=1S/C12H22ClN5O2S/c1-5-6-14-11-15-7-9(13)10(17-11)16-8-12(2,3)18-21(4,19)20/h7,18H,5-6,8H2,1-4H3,(H2,14,15,16,17). The molecule has 0 aliphatic carbocycles. The van der Waals surface area contributed by atoms with Gasteiger partial charge in [0.1, 0.15) is 5.02 Å². The first-order valence-electron chi connectivity index (χ1n) is 6.62. The fraction of sp³-hybridized carbons (Fsp3) is 0.667. The van der Waals surface area contributed by atoms with Gasteiger partial charge in [-0.1, -0.05) is 18.5 Å². The van der Waals surface area contributed by atoms with Crippen molar-refractivity contribution in [2.45, 2.75) is 32.7 Å². The molecule has 1 heterocycles. The van der Waals surface area contributed by atoms with Gasteiger partial charge in [0.15, 0.2) is 5.82 Å². The highest BCUT2D eigenvalue weighted by molar-refractivity contribution is 7.88. The predicted molar refractivity (Wildman–Crippen MR) is 86.4 cm³/mol. The number of rotatable bonds is 8. The lowest BCUT2D eigenvalue weighted by Crippen LogP contribution is -2.47. The third-order valence-electron chi connectivity index (χ3n) is 2.44. The summed E-state index contributed by atoms with van der Waals surface area (Å²) in [6.45, 7) is 6.69. The topological polar surface area (TPSA) is 96.0 Å². The van der Waals surface area contributed by atoms with Crippen molar-refractivity contribution in [3.05, 3.63) is 11.2 Å². The van der Waals surface area contributed by atoms with E-state index in [1.165, 1.54) is 6.20 Å². The second-order valence-electron chi connectivity index (χ2n) is 5.43. The smallest absolute Gasteiger partial charge is 0.224 e. The van der Waals surface area contributed by atoms with E-state index in [0.29, 0.717) is 23.3 Å². The minimum atomic E-state index is -3.28. The molecule has 1 rings (SSSR count). The van der Waals surface area contributed by atoms with Gasteiger partial charge in [-0.3, -0.25) is 0 Å². The van der Waals surface area contributed by atoms with E-state index < -0.39 is 15.6 Å². The van der Waals surface area contributed by atoms with Gasteiger partial charge in [0.2, 0.25) is 16.0 Å². The number of nitrogens with one attached hydrogen (secondary N) is 3. The van der Waals surface area contributed by atoms with Gasteiger partial charge in [-0.2, -0.15) is 4.98 Å². The molecule has 0 unspecified atom stereocenters. The second-order valence-corrected chi connectivity index (χ2v) is 7.58. The van der Waals surface area contributed by atoms with E-state index >= 15 is 0 Å².